The van der Waals surface area contributed by atoms with Crippen LogP contribution in [0.25, 0.3) is 0 Å². The highest BCUT2D eigenvalue weighted by atomic mass is 35.5. The number of carbonyl (C=O) groups excluding carboxylic acids is 3. The fourth-order valence-corrected chi connectivity index (χ4v) is 4.74. The summed E-state index contributed by atoms with van der Waals surface area (Å²) >= 11 is 19.1. The molecule has 31 heavy (non-hydrogen) atoms. The highest BCUT2D eigenvalue weighted by molar-refractivity contribution is 6.45. The normalized spacial score (nSPS) is 18.3. The zero-order valence-corrected chi connectivity index (χ0v) is 20.4. The van der Waals surface area contributed by atoms with Gasteiger partial charge in [-0.1, -0.05) is 60.3 Å². The molecule has 0 N–H and O–H groups in total. The lowest BCUT2D eigenvalue weighted by molar-refractivity contribution is -0.156. The second-order valence-electron chi connectivity index (χ2n) is 7.60. The molecule has 1 atom stereocenters. The molecule has 0 saturated heterocycles. The summed E-state index contributed by atoms with van der Waals surface area (Å²) in [5.74, 6) is -3.02. The van der Waals surface area contributed by atoms with Gasteiger partial charge in [0, 0.05) is 16.0 Å². The predicted molar refractivity (Wildman–Crippen MR) is 122 cm³/mol. The summed E-state index contributed by atoms with van der Waals surface area (Å²) in [6.07, 6.45) is 4.15. The van der Waals surface area contributed by atoms with E-state index in [-0.39, 0.29) is 34.6 Å². The topological polar surface area (TPSA) is 69.7 Å². The van der Waals surface area contributed by atoms with Crippen molar-refractivity contribution in [1.29, 1.82) is 0 Å². The number of hydrogen-bond donors (Lipinski definition) is 0. The Labute approximate surface area is 198 Å². The van der Waals surface area contributed by atoms with Crippen LogP contribution >= 0.6 is 34.8 Å². The predicted octanol–water partition coefficient (Wildman–Crippen LogP) is 6.26. The van der Waals surface area contributed by atoms with Crippen molar-refractivity contribution in [3.63, 3.8) is 0 Å². The molecule has 0 aliphatic heterocycles. The lowest BCUT2D eigenvalue weighted by atomic mass is 9.76. The molecule has 1 aromatic rings. The highest BCUT2D eigenvalue weighted by Gasteiger charge is 2.47. The first-order chi connectivity index (χ1) is 14.6. The third-order valence-electron chi connectivity index (χ3n) is 5.41. The van der Waals surface area contributed by atoms with Crippen LogP contribution in [0, 0.1) is 5.41 Å². The first kappa shape index (κ1) is 25.7. The molecule has 1 aromatic carbocycles. The number of halogens is 3. The molecule has 5 nitrogen and oxygen atoms in total. The van der Waals surface area contributed by atoms with Crippen LogP contribution in [0.1, 0.15) is 74.4 Å². The van der Waals surface area contributed by atoms with Crippen molar-refractivity contribution in [1.82, 2.24) is 0 Å². The number of Topliss-reactive ketones (excluding diaryl/α,β-unsaturated/α-hetero) is 1. The van der Waals surface area contributed by atoms with E-state index in [1.807, 2.05) is 13.0 Å². The molecule has 0 radical (unpaired) electrons. The minimum absolute atomic E-state index is 0.0174. The van der Waals surface area contributed by atoms with Crippen LogP contribution in [-0.2, 0) is 25.5 Å². The van der Waals surface area contributed by atoms with E-state index in [4.69, 9.17) is 44.3 Å². The second-order valence-corrected chi connectivity index (χ2v) is 8.95. The van der Waals surface area contributed by atoms with Gasteiger partial charge in [0.15, 0.2) is 11.7 Å². The maximum Gasteiger partial charge on any atom is 0.324 e. The number of rotatable bonds is 9. The van der Waals surface area contributed by atoms with Gasteiger partial charge in [0.05, 0.1) is 23.3 Å². The van der Waals surface area contributed by atoms with E-state index in [0.717, 1.165) is 6.42 Å². The van der Waals surface area contributed by atoms with Gasteiger partial charge in [0.25, 0.3) is 0 Å². The van der Waals surface area contributed by atoms with Crippen molar-refractivity contribution in [2.45, 2.75) is 59.3 Å². The van der Waals surface area contributed by atoms with Crippen LogP contribution in [0.5, 0.6) is 0 Å². The van der Waals surface area contributed by atoms with Gasteiger partial charge in [-0.15, -0.1) is 0 Å². The van der Waals surface area contributed by atoms with Crippen molar-refractivity contribution >= 4 is 52.5 Å². The Morgan fingerprint density at radius 2 is 1.71 bits per heavy atom. The summed E-state index contributed by atoms with van der Waals surface area (Å²) in [5, 5.41) is 0.632. The van der Waals surface area contributed by atoms with E-state index in [2.05, 4.69) is 0 Å². The Bertz CT molecular complexity index is 887. The molecule has 1 unspecified atom stereocenters. The smallest absolute Gasteiger partial charge is 0.324 e. The number of esters is 2. The quantitative estimate of drug-likeness (QED) is 0.302. The number of carbonyl (C=O) groups is 3. The van der Waals surface area contributed by atoms with E-state index < -0.39 is 23.3 Å². The molecule has 0 amide bonds. The van der Waals surface area contributed by atoms with Gasteiger partial charge in [-0.25, -0.2) is 0 Å². The molecular formula is C23H27Cl3O5. The molecule has 0 fully saturated rings. The van der Waals surface area contributed by atoms with Gasteiger partial charge in [0.2, 0.25) is 0 Å². The molecule has 0 spiro atoms. The summed E-state index contributed by atoms with van der Waals surface area (Å²) < 4.78 is 10.1. The van der Waals surface area contributed by atoms with Gasteiger partial charge >= 0.3 is 11.9 Å². The fraction of sp³-hybridized carbons (Fsp3) is 0.522. The van der Waals surface area contributed by atoms with Crippen LogP contribution in [0.3, 0.4) is 0 Å². The lowest BCUT2D eigenvalue weighted by Gasteiger charge is -2.25. The fourth-order valence-electron chi connectivity index (χ4n) is 4.09. The standard InChI is InChI=1S/C23H27Cl3O5/c1-5-9-23(10-8-13(4)24)12-14-11-15(18(25)19(26)16(14)20(23)27)17(21(28)30-6-2)22(29)31-7-3/h8,11,17H,5-7,9-10,12H2,1-4H3. The molecule has 170 valence electrons. The summed E-state index contributed by atoms with van der Waals surface area (Å²) in [4.78, 5) is 38.6. The number of ketones is 1. The lowest BCUT2D eigenvalue weighted by Crippen LogP contribution is -2.27. The number of benzene rings is 1. The Morgan fingerprint density at radius 1 is 1.13 bits per heavy atom. The van der Waals surface area contributed by atoms with Gasteiger partial charge < -0.3 is 9.47 Å². The maximum atomic E-state index is 13.4. The average molecular weight is 490 g/mol. The van der Waals surface area contributed by atoms with Gasteiger partial charge in [-0.3, -0.25) is 14.4 Å². The first-order valence-corrected chi connectivity index (χ1v) is 11.5. The van der Waals surface area contributed by atoms with Crippen molar-refractivity contribution in [2.75, 3.05) is 13.2 Å². The molecule has 0 saturated carbocycles. The third kappa shape index (κ3) is 5.27. The summed E-state index contributed by atoms with van der Waals surface area (Å²) in [6, 6.07) is 1.62. The monoisotopic (exact) mass is 488 g/mol. The summed E-state index contributed by atoms with van der Waals surface area (Å²) in [7, 11) is 0. The summed E-state index contributed by atoms with van der Waals surface area (Å²) in [6.45, 7) is 7.23. The Hall–Kier alpha value is -1.56. The van der Waals surface area contributed by atoms with Crippen molar-refractivity contribution in [3.05, 3.63) is 43.9 Å². The molecule has 0 bridgehead atoms. The molecule has 0 heterocycles. The van der Waals surface area contributed by atoms with Gasteiger partial charge in [-0.2, -0.15) is 0 Å². The Balaban J connectivity index is 2.62. The zero-order valence-electron chi connectivity index (χ0n) is 18.1. The van der Waals surface area contributed by atoms with Gasteiger partial charge in [0.1, 0.15) is 0 Å². The number of allylic oxidation sites excluding steroid dienone is 2. The first-order valence-electron chi connectivity index (χ1n) is 10.3. The molecular weight excluding hydrogens is 463 g/mol. The Morgan fingerprint density at radius 3 is 2.19 bits per heavy atom. The number of hydrogen-bond acceptors (Lipinski definition) is 5. The molecule has 2 rings (SSSR count). The second kappa shape index (κ2) is 10.8. The van der Waals surface area contributed by atoms with E-state index in [1.54, 1.807) is 26.8 Å². The third-order valence-corrected chi connectivity index (χ3v) is 6.45. The SMILES string of the molecule is CCCC1(CC=C(C)Cl)Cc2cc(C(C(=O)OCC)C(=O)OCC)c(Cl)c(Cl)c2C1=O. The molecule has 0 aromatic heterocycles. The summed E-state index contributed by atoms with van der Waals surface area (Å²) in [5.41, 5.74) is 0.492. The van der Waals surface area contributed by atoms with E-state index in [1.165, 1.54) is 0 Å². The average Bonchev–Trinajstić information content (AvgIpc) is 2.97. The number of fused-ring (bicyclic) bond motifs is 1. The molecule has 8 heteroatoms. The van der Waals surface area contributed by atoms with Crippen LogP contribution in [0.2, 0.25) is 10.0 Å². The minimum atomic E-state index is -1.38. The maximum absolute atomic E-state index is 13.4. The van der Waals surface area contributed by atoms with Crippen molar-refractivity contribution in [2.24, 2.45) is 5.41 Å². The van der Waals surface area contributed by atoms with Crippen LogP contribution in [-0.4, -0.2) is 30.9 Å². The van der Waals surface area contributed by atoms with E-state index >= 15 is 0 Å². The van der Waals surface area contributed by atoms with Crippen LogP contribution in [0.4, 0.5) is 0 Å². The minimum Gasteiger partial charge on any atom is -0.465 e. The number of ether oxygens (including phenoxy) is 2. The van der Waals surface area contributed by atoms with Gasteiger partial charge in [-0.05, 0) is 51.2 Å². The highest BCUT2D eigenvalue weighted by Crippen LogP contribution is 2.49. The Kier molecular flexibility index (Phi) is 8.99. The van der Waals surface area contributed by atoms with Crippen molar-refractivity contribution in [3.8, 4) is 0 Å². The largest absolute Gasteiger partial charge is 0.465 e. The van der Waals surface area contributed by atoms with Crippen molar-refractivity contribution < 1.29 is 23.9 Å². The molecule has 1 aliphatic carbocycles. The van der Waals surface area contributed by atoms with Crippen LogP contribution in [0.15, 0.2) is 17.2 Å². The zero-order chi connectivity index (χ0) is 23.3. The van der Waals surface area contributed by atoms with E-state index in [0.29, 0.717) is 35.4 Å². The molecule has 1 aliphatic rings. The van der Waals surface area contributed by atoms with E-state index in [9.17, 15) is 14.4 Å². The van der Waals surface area contributed by atoms with Crippen LogP contribution < -0.4 is 0 Å².